The van der Waals surface area contributed by atoms with E-state index in [1.807, 2.05) is 0 Å². The average Bonchev–Trinajstić information content (AvgIpc) is 3.17. The van der Waals surface area contributed by atoms with Crippen LogP contribution < -0.4 is 10.2 Å². The molecule has 0 spiro atoms. The Balaban J connectivity index is 1.34. The van der Waals surface area contributed by atoms with Crippen LogP contribution in [0, 0.1) is 6.92 Å². The fraction of sp³-hybridized carbons (Fsp3) is 0.689. The number of benzene rings is 2. The Hall–Kier alpha value is -3.30. The molecule has 302 valence electrons. The van der Waals surface area contributed by atoms with Crippen molar-refractivity contribution in [3.8, 4) is 17.2 Å². The number of ether oxygens (including phenoxy) is 4. The van der Waals surface area contributed by atoms with Gasteiger partial charge in [0.25, 0.3) is 0 Å². The normalized spacial score (nSPS) is 12.1. The number of hydrogen-bond donors (Lipinski definition) is 0. The summed E-state index contributed by atoms with van der Waals surface area (Å²) in [4.78, 5) is 41.8. The van der Waals surface area contributed by atoms with Gasteiger partial charge in [0.05, 0.1) is 6.61 Å². The molecule has 0 bridgehead atoms. The highest BCUT2D eigenvalue weighted by molar-refractivity contribution is 5.80. The molecule has 0 N–H and O–H groups in total. The van der Waals surface area contributed by atoms with Gasteiger partial charge in [-0.2, -0.15) is 0 Å². The summed E-state index contributed by atoms with van der Waals surface area (Å²) in [6, 6.07) is 8.03. The summed E-state index contributed by atoms with van der Waals surface area (Å²) in [5, 5.41) is 0. The molecule has 0 fully saturated rings. The number of esters is 2. The summed E-state index contributed by atoms with van der Waals surface area (Å²) < 4.78 is 29.1. The molecule has 0 radical (unpaired) electrons. The number of aromatic nitrogens is 1. The van der Waals surface area contributed by atoms with Crippen LogP contribution in [0.5, 0.6) is 5.75 Å². The van der Waals surface area contributed by atoms with Gasteiger partial charge in [0.15, 0.2) is 16.8 Å². The van der Waals surface area contributed by atoms with Gasteiger partial charge in [-0.15, -0.1) is 0 Å². The average molecular weight is 752 g/mol. The number of hydrogen-bond acceptors (Lipinski definition) is 9. The molecule has 1 aliphatic carbocycles. The van der Waals surface area contributed by atoms with Gasteiger partial charge in [0, 0.05) is 37.7 Å². The van der Waals surface area contributed by atoms with Crippen LogP contribution in [0.1, 0.15) is 167 Å². The summed E-state index contributed by atoms with van der Waals surface area (Å²) in [5.74, 6) is -0.132. The standard InChI is InChI=1S/C45H69NO8/c1-4-6-8-10-12-14-16-18-20-22-31-50-34-38(51-32-23-21-19-17-15-13-11-9-7-5-2)35-52-43(48)25-24-26-44(49)53-37-27-28-39-42(33-37)54-45-36(3)41(47)30-29-40(45)46-39/h27-30,33,38H,4-26,31-32,34-35H2,1-3H3/t38-/m1/s1. The molecule has 0 amide bonds. The van der Waals surface area contributed by atoms with Crippen molar-refractivity contribution in [2.24, 2.45) is 0 Å². The molecule has 1 heterocycles. The highest BCUT2D eigenvalue weighted by Gasteiger charge is 2.17. The lowest BCUT2D eigenvalue weighted by molar-refractivity contribution is -0.150. The summed E-state index contributed by atoms with van der Waals surface area (Å²) >= 11 is 0. The Morgan fingerprint density at radius 3 is 1.87 bits per heavy atom. The second kappa shape index (κ2) is 28.2. The van der Waals surface area contributed by atoms with E-state index in [-0.39, 0.29) is 37.0 Å². The van der Waals surface area contributed by atoms with Crippen LogP contribution in [0.4, 0.5) is 0 Å². The van der Waals surface area contributed by atoms with Crippen molar-refractivity contribution in [3.63, 3.8) is 0 Å². The molecule has 1 aliphatic heterocycles. The lowest BCUT2D eigenvalue weighted by atomic mass is 10.1. The van der Waals surface area contributed by atoms with Gasteiger partial charge in [0.2, 0.25) is 0 Å². The lowest BCUT2D eigenvalue weighted by Crippen LogP contribution is -2.28. The van der Waals surface area contributed by atoms with E-state index in [0.29, 0.717) is 60.1 Å². The topological polar surface area (TPSA) is 114 Å². The van der Waals surface area contributed by atoms with E-state index in [4.69, 9.17) is 23.4 Å². The van der Waals surface area contributed by atoms with E-state index in [2.05, 4.69) is 18.8 Å². The third-order valence-electron chi connectivity index (χ3n) is 9.94. The molecule has 0 saturated heterocycles. The van der Waals surface area contributed by atoms with Crippen molar-refractivity contribution in [3.05, 3.63) is 46.1 Å². The van der Waals surface area contributed by atoms with Crippen molar-refractivity contribution in [1.29, 1.82) is 0 Å². The summed E-state index contributed by atoms with van der Waals surface area (Å²) in [6.07, 6.45) is 25.6. The number of carbonyl (C=O) groups is 2. The molecule has 2 aliphatic rings. The Morgan fingerprint density at radius 2 is 1.24 bits per heavy atom. The molecule has 0 unspecified atom stereocenters. The summed E-state index contributed by atoms with van der Waals surface area (Å²) in [7, 11) is 0. The number of unbranched alkanes of at least 4 members (excludes halogenated alkanes) is 18. The van der Waals surface area contributed by atoms with Crippen LogP contribution in [0.15, 0.2) is 39.5 Å². The van der Waals surface area contributed by atoms with Crippen molar-refractivity contribution < 1.29 is 33.0 Å². The minimum Gasteiger partial charge on any atom is -0.463 e. The first kappa shape index (κ1) is 45.1. The highest BCUT2D eigenvalue weighted by atomic mass is 16.6. The minimum absolute atomic E-state index is 0.0551. The first-order valence-electron chi connectivity index (χ1n) is 21.3. The molecule has 1 aromatic carbocycles. The van der Waals surface area contributed by atoms with Gasteiger partial charge in [0.1, 0.15) is 29.7 Å². The molecule has 1 atom stereocenters. The van der Waals surface area contributed by atoms with Crippen LogP contribution in [-0.2, 0) is 23.8 Å². The molecule has 9 heteroatoms. The Labute approximate surface area is 324 Å². The van der Waals surface area contributed by atoms with Gasteiger partial charge < -0.3 is 23.4 Å². The lowest BCUT2D eigenvalue weighted by Gasteiger charge is -2.18. The molecule has 1 aromatic rings. The SMILES string of the molecule is CCCCCCCCCCCCOC[C@H](COC(=O)CCCC(=O)Oc1ccc2nc3ccc(=O)c(C)c-3oc2c1)OCCCCCCCCCCCC. The Morgan fingerprint density at radius 1 is 0.667 bits per heavy atom. The molecule has 0 aromatic heterocycles. The predicted octanol–water partition coefficient (Wildman–Crippen LogP) is 11.5. The monoisotopic (exact) mass is 752 g/mol. The zero-order valence-corrected chi connectivity index (χ0v) is 33.8. The van der Waals surface area contributed by atoms with E-state index in [0.717, 1.165) is 19.3 Å². The maximum atomic E-state index is 12.6. The van der Waals surface area contributed by atoms with Crippen LogP contribution in [-0.4, -0.2) is 49.5 Å². The van der Waals surface area contributed by atoms with Crippen LogP contribution in [0.25, 0.3) is 22.6 Å². The summed E-state index contributed by atoms with van der Waals surface area (Å²) in [5.41, 5.74) is 1.91. The van der Waals surface area contributed by atoms with Crippen molar-refractivity contribution in [2.45, 2.75) is 175 Å². The maximum Gasteiger partial charge on any atom is 0.311 e. The van der Waals surface area contributed by atoms with E-state index in [1.54, 1.807) is 31.2 Å². The van der Waals surface area contributed by atoms with E-state index >= 15 is 0 Å². The first-order chi connectivity index (χ1) is 26.4. The van der Waals surface area contributed by atoms with Crippen molar-refractivity contribution in [2.75, 3.05) is 26.4 Å². The number of rotatable bonds is 32. The van der Waals surface area contributed by atoms with Crippen molar-refractivity contribution >= 4 is 23.0 Å². The number of fused-ring (bicyclic) bond motifs is 2. The Kier molecular flexibility index (Phi) is 23.5. The third-order valence-corrected chi connectivity index (χ3v) is 9.94. The largest absolute Gasteiger partial charge is 0.463 e. The minimum atomic E-state index is -0.466. The molecule has 9 nitrogen and oxygen atoms in total. The fourth-order valence-corrected chi connectivity index (χ4v) is 6.56. The first-order valence-corrected chi connectivity index (χ1v) is 21.3. The van der Waals surface area contributed by atoms with Gasteiger partial charge in [-0.3, -0.25) is 14.4 Å². The second-order valence-corrected chi connectivity index (χ2v) is 14.8. The molecular formula is C45H69NO8. The Bertz CT molecular complexity index is 1490. The van der Waals surface area contributed by atoms with Crippen LogP contribution in [0.2, 0.25) is 0 Å². The van der Waals surface area contributed by atoms with Gasteiger partial charge in [-0.1, -0.05) is 129 Å². The molecule has 0 saturated carbocycles. The highest BCUT2D eigenvalue weighted by Crippen LogP contribution is 2.28. The fourth-order valence-electron chi connectivity index (χ4n) is 6.56. The second-order valence-electron chi connectivity index (χ2n) is 14.8. The maximum absolute atomic E-state index is 12.6. The summed E-state index contributed by atoms with van der Waals surface area (Å²) in [6.45, 7) is 8.04. The van der Waals surface area contributed by atoms with E-state index < -0.39 is 5.97 Å². The zero-order chi connectivity index (χ0) is 38.6. The number of nitrogens with zero attached hydrogens (tertiary/aromatic N) is 1. The van der Waals surface area contributed by atoms with Gasteiger partial charge in [-0.05, 0) is 50.5 Å². The molecule has 54 heavy (non-hydrogen) atoms. The van der Waals surface area contributed by atoms with Crippen molar-refractivity contribution in [1.82, 2.24) is 4.98 Å². The zero-order valence-electron chi connectivity index (χ0n) is 33.8. The van der Waals surface area contributed by atoms with Crippen LogP contribution in [0.3, 0.4) is 0 Å². The molecular weight excluding hydrogens is 682 g/mol. The quantitative estimate of drug-likeness (QED) is 0.0266. The van der Waals surface area contributed by atoms with Crippen LogP contribution >= 0.6 is 0 Å². The van der Waals surface area contributed by atoms with Gasteiger partial charge >= 0.3 is 11.9 Å². The third kappa shape index (κ3) is 18.8. The number of carbonyl (C=O) groups excluding carboxylic acids is 2. The van der Waals surface area contributed by atoms with E-state index in [9.17, 15) is 14.4 Å². The molecule has 3 rings (SSSR count). The van der Waals surface area contributed by atoms with E-state index in [1.165, 1.54) is 115 Å². The predicted molar refractivity (Wildman–Crippen MR) is 216 cm³/mol. The smallest absolute Gasteiger partial charge is 0.311 e. The van der Waals surface area contributed by atoms with Gasteiger partial charge in [-0.25, -0.2) is 4.98 Å².